The zero-order valence-corrected chi connectivity index (χ0v) is 18.6. The number of amides is 2. The molecule has 5 nitrogen and oxygen atoms in total. The number of aryl methyl sites for hydroxylation is 2. The summed E-state index contributed by atoms with van der Waals surface area (Å²) in [4.78, 5) is 25.1. The van der Waals surface area contributed by atoms with E-state index in [9.17, 15) is 9.59 Å². The zero-order valence-electron chi connectivity index (χ0n) is 17.0. The first kappa shape index (κ1) is 20.9. The van der Waals surface area contributed by atoms with Crippen LogP contribution in [0.1, 0.15) is 44.6 Å². The summed E-state index contributed by atoms with van der Waals surface area (Å²) in [6.45, 7) is 8.24. The van der Waals surface area contributed by atoms with Crippen molar-refractivity contribution in [1.82, 2.24) is 9.88 Å². The van der Waals surface area contributed by atoms with Crippen LogP contribution in [-0.2, 0) is 0 Å². The quantitative estimate of drug-likeness (QED) is 0.559. The van der Waals surface area contributed by atoms with Crippen LogP contribution in [0, 0.1) is 20.8 Å². The summed E-state index contributed by atoms with van der Waals surface area (Å²) in [6, 6.07) is 15.2. The molecule has 0 saturated heterocycles. The third-order valence-corrected chi connectivity index (χ3v) is 5.32. The van der Waals surface area contributed by atoms with E-state index in [0.29, 0.717) is 23.4 Å². The maximum absolute atomic E-state index is 13.0. The van der Waals surface area contributed by atoms with Gasteiger partial charge in [0.15, 0.2) is 0 Å². The van der Waals surface area contributed by atoms with Crippen molar-refractivity contribution in [3.05, 3.63) is 81.1 Å². The summed E-state index contributed by atoms with van der Waals surface area (Å²) in [5.41, 5.74) is 5.47. The average Bonchev–Trinajstić information content (AvgIpc) is 2.98. The van der Waals surface area contributed by atoms with E-state index >= 15 is 0 Å². The molecule has 0 saturated carbocycles. The second-order valence-corrected chi connectivity index (χ2v) is 7.86. The highest BCUT2D eigenvalue weighted by atomic mass is 79.9. The smallest absolute Gasteiger partial charge is 0.257 e. The fourth-order valence-corrected chi connectivity index (χ4v) is 3.74. The molecular weight excluding hydrogens is 430 g/mol. The first-order chi connectivity index (χ1) is 13.8. The number of anilines is 1. The van der Waals surface area contributed by atoms with E-state index in [4.69, 9.17) is 0 Å². The molecule has 0 unspecified atom stereocenters. The van der Waals surface area contributed by atoms with E-state index in [2.05, 4.69) is 31.1 Å². The van der Waals surface area contributed by atoms with Crippen LogP contribution < -0.4 is 10.6 Å². The third-order valence-electron chi connectivity index (χ3n) is 4.83. The normalized spacial score (nSPS) is 10.7. The summed E-state index contributed by atoms with van der Waals surface area (Å²) >= 11 is 3.50. The minimum absolute atomic E-state index is 0.157. The van der Waals surface area contributed by atoms with Gasteiger partial charge in [-0.3, -0.25) is 9.59 Å². The van der Waals surface area contributed by atoms with Gasteiger partial charge in [0.25, 0.3) is 11.8 Å². The lowest BCUT2D eigenvalue weighted by Crippen LogP contribution is -2.23. The minimum atomic E-state index is -0.199. The molecule has 3 rings (SSSR count). The van der Waals surface area contributed by atoms with Crippen LogP contribution in [0.5, 0.6) is 0 Å². The van der Waals surface area contributed by atoms with Gasteiger partial charge in [-0.15, -0.1) is 0 Å². The number of carbonyl (C=O) groups excluding carboxylic acids is 2. The summed E-state index contributed by atoms with van der Waals surface area (Å²) < 4.78 is 3.03. The van der Waals surface area contributed by atoms with Crippen molar-refractivity contribution in [3.8, 4) is 5.69 Å². The standard InChI is InChI=1S/C23H24BrN3O2/c1-5-25-22(28)17-10-9-14(2)21(12-17)26-23(29)20-11-15(3)27(16(20)4)19-8-6-7-18(24)13-19/h6-13H,5H2,1-4H3,(H,25,28)(H,26,29). The van der Waals surface area contributed by atoms with Crippen LogP contribution >= 0.6 is 15.9 Å². The average molecular weight is 454 g/mol. The maximum atomic E-state index is 13.0. The molecule has 0 aliphatic heterocycles. The van der Waals surface area contributed by atoms with E-state index in [1.807, 2.05) is 64.1 Å². The molecule has 0 aliphatic carbocycles. The molecule has 1 heterocycles. The van der Waals surface area contributed by atoms with Crippen LogP contribution in [-0.4, -0.2) is 22.9 Å². The van der Waals surface area contributed by atoms with Gasteiger partial charge in [-0.2, -0.15) is 0 Å². The highest BCUT2D eigenvalue weighted by Gasteiger charge is 2.18. The molecule has 150 valence electrons. The van der Waals surface area contributed by atoms with Gasteiger partial charge in [-0.1, -0.05) is 28.1 Å². The van der Waals surface area contributed by atoms with Gasteiger partial charge < -0.3 is 15.2 Å². The van der Waals surface area contributed by atoms with Crippen molar-refractivity contribution in [2.75, 3.05) is 11.9 Å². The Hall–Kier alpha value is -2.86. The lowest BCUT2D eigenvalue weighted by atomic mass is 10.1. The largest absolute Gasteiger partial charge is 0.352 e. The molecule has 0 radical (unpaired) electrons. The number of hydrogen-bond donors (Lipinski definition) is 2. The third kappa shape index (κ3) is 4.43. The lowest BCUT2D eigenvalue weighted by Gasteiger charge is -2.12. The summed E-state index contributed by atoms with van der Waals surface area (Å²) in [7, 11) is 0. The zero-order chi connectivity index (χ0) is 21.1. The molecule has 6 heteroatoms. The van der Waals surface area contributed by atoms with Crippen LogP contribution in [0.3, 0.4) is 0 Å². The Labute approximate surface area is 179 Å². The first-order valence-corrected chi connectivity index (χ1v) is 10.3. The van der Waals surface area contributed by atoms with Crippen LogP contribution in [0.4, 0.5) is 5.69 Å². The molecule has 2 amide bonds. The van der Waals surface area contributed by atoms with Crippen LogP contribution in [0.25, 0.3) is 5.69 Å². The van der Waals surface area contributed by atoms with E-state index < -0.39 is 0 Å². The Kier molecular flexibility index (Phi) is 6.23. The molecular formula is C23H24BrN3O2. The molecule has 0 bridgehead atoms. The molecule has 3 aromatic rings. The number of nitrogens with zero attached hydrogens (tertiary/aromatic N) is 1. The van der Waals surface area contributed by atoms with Gasteiger partial charge in [0, 0.05) is 39.3 Å². The van der Waals surface area contributed by atoms with Gasteiger partial charge in [0.05, 0.1) is 5.56 Å². The number of benzene rings is 2. The van der Waals surface area contributed by atoms with Gasteiger partial charge in [-0.05, 0) is 69.7 Å². The van der Waals surface area contributed by atoms with Gasteiger partial charge in [0.2, 0.25) is 0 Å². The second kappa shape index (κ2) is 8.66. The molecule has 1 aromatic heterocycles. The van der Waals surface area contributed by atoms with Crippen molar-refractivity contribution in [2.45, 2.75) is 27.7 Å². The van der Waals surface area contributed by atoms with E-state index in [1.165, 1.54) is 0 Å². The number of aromatic nitrogens is 1. The summed E-state index contributed by atoms with van der Waals surface area (Å²) in [5.74, 6) is -0.355. The minimum Gasteiger partial charge on any atom is -0.352 e. The number of nitrogens with one attached hydrogen (secondary N) is 2. The molecule has 2 N–H and O–H groups in total. The Bertz CT molecular complexity index is 1090. The lowest BCUT2D eigenvalue weighted by molar-refractivity contribution is 0.0954. The van der Waals surface area contributed by atoms with Crippen molar-refractivity contribution in [3.63, 3.8) is 0 Å². The van der Waals surface area contributed by atoms with Crippen molar-refractivity contribution >= 4 is 33.4 Å². The fraction of sp³-hybridized carbons (Fsp3) is 0.217. The Balaban J connectivity index is 1.92. The highest BCUT2D eigenvalue weighted by molar-refractivity contribution is 9.10. The predicted octanol–water partition coefficient (Wildman–Crippen LogP) is 5.17. The molecule has 2 aromatic carbocycles. The molecule has 0 atom stereocenters. The molecule has 29 heavy (non-hydrogen) atoms. The number of hydrogen-bond acceptors (Lipinski definition) is 2. The topological polar surface area (TPSA) is 63.1 Å². The Morgan fingerprint density at radius 1 is 1.00 bits per heavy atom. The Morgan fingerprint density at radius 3 is 2.45 bits per heavy atom. The van der Waals surface area contributed by atoms with E-state index in [-0.39, 0.29) is 11.8 Å². The van der Waals surface area contributed by atoms with Gasteiger partial charge in [-0.25, -0.2) is 0 Å². The van der Waals surface area contributed by atoms with Crippen LogP contribution in [0.2, 0.25) is 0 Å². The number of carbonyl (C=O) groups is 2. The fourth-order valence-electron chi connectivity index (χ4n) is 3.36. The number of halogens is 1. The number of rotatable bonds is 5. The Morgan fingerprint density at radius 2 is 1.76 bits per heavy atom. The first-order valence-electron chi connectivity index (χ1n) is 9.47. The monoisotopic (exact) mass is 453 g/mol. The molecule has 0 aliphatic rings. The molecule has 0 fully saturated rings. The van der Waals surface area contributed by atoms with Gasteiger partial charge >= 0.3 is 0 Å². The second-order valence-electron chi connectivity index (χ2n) is 6.94. The molecule has 0 spiro atoms. The summed E-state index contributed by atoms with van der Waals surface area (Å²) in [5, 5.41) is 5.74. The SMILES string of the molecule is CCNC(=O)c1ccc(C)c(NC(=O)c2cc(C)n(-c3cccc(Br)c3)c2C)c1. The van der Waals surface area contributed by atoms with E-state index in [0.717, 1.165) is 27.1 Å². The maximum Gasteiger partial charge on any atom is 0.257 e. The van der Waals surface area contributed by atoms with Crippen molar-refractivity contribution in [2.24, 2.45) is 0 Å². The summed E-state index contributed by atoms with van der Waals surface area (Å²) in [6.07, 6.45) is 0. The van der Waals surface area contributed by atoms with Crippen molar-refractivity contribution < 1.29 is 9.59 Å². The van der Waals surface area contributed by atoms with Crippen LogP contribution in [0.15, 0.2) is 53.0 Å². The van der Waals surface area contributed by atoms with Crippen molar-refractivity contribution in [1.29, 1.82) is 0 Å². The van der Waals surface area contributed by atoms with Gasteiger partial charge in [0.1, 0.15) is 0 Å². The highest BCUT2D eigenvalue weighted by Crippen LogP contribution is 2.25. The predicted molar refractivity (Wildman–Crippen MR) is 120 cm³/mol. The van der Waals surface area contributed by atoms with E-state index in [1.54, 1.807) is 12.1 Å².